The van der Waals surface area contributed by atoms with Crippen molar-refractivity contribution < 1.29 is 19.0 Å². The van der Waals surface area contributed by atoms with Crippen molar-refractivity contribution in [2.75, 3.05) is 26.3 Å². The van der Waals surface area contributed by atoms with Crippen LogP contribution in [0.1, 0.15) is 37.0 Å². The van der Waals surface area contributed by atoms with Gasteiger partial charge in [-0.05, 0) is 38.1 Å². The van der Waals surface area contributed by atoms with Crippen LogP contribution in [0.15, 0.2) is 48.7 Å². The van der Waals surface area contributed by atoms with Gasteiger partial charge in [0, 0.05) is 42.3 Å². The molecule has 1 amide bonds. The first-order chi connectivity index (χ1) is 15.2. The summed E-state index contributed by atoms with van der Waals surface area (Å²) in [6.45, 7) is 6.14. The zero-order valence-electron chi connectivity index (χ0n) is 17.9. The van der Waals surface area contributed by atoms with E-state index in [1.54, 1.807) is 24.4 Å². The fraction of sp³-hybridized carbons (Fsp3) is 0.375. The second kappa shape index (κ2) is 9.64. The zero-order valence-corrected chi connectivity index (χ0v) is 17.9. The summed E-state index contributed by atoms with van der Waals surface area (Å²) >= 11 is 0. The number of hydrogen-bond donors (Lipinski definition) is 0. The average Bonchev–Trinajstić information content (AvgIpc) is 2.81. The lowest BCUT2D eigenvalue weighted by Crippen LogP contribution is -2.41. The molecule has 0 bridgehead atoms. The number of likely N-dealkylation sites (tertiary alicyclic amines) is 1. The molecule has 2 aromatic carbocycles. The lowest BCUT2D eigenvalue weighted by Gasteiger charge is -2.32. The van der Waals surface area contributed by atoms with Crippen molar-refractivity contribution >= 4 is 16.7 Å². The smallest absolute Gasteiger partial charge is 0.253 e. The summed E-state index contributed by atoms with van der Waals surface area (Å²) in [6.07, 6.45) is 3.22. The molecule has 0 N–H and O–H groups in total. The minimum atomic E-state index is -0.00703. The summed E-state index contributed by atoms with van der Waals surface area (Å²) in [7, 11) is 0. The zero-order chi connectivity index (χ0) is 21.6. The Kier molecular flexibility index (Phi) is 6.50. The molecule has 2 heterocycles. The standard InChI is InChI=1S/C24H27N3O4/c1-3-29-21-10-9-17(15-22(21)30-4-2)24(28)27-13-11-19(12-14-27)31-23-20-8-6-5-7-18(20)16-25-26-23/h5-10,15-16,19H,3-4,11-14H2,1-2H3. The van der Waals surface area contributed by atoms with Crippen LogP contribution in [0.4, 0.5) is 0 Å². The molecule has 1 aliphatic rings. The SMILES string of the molecule is CCOc1ccc(C(=O)N2CCC(Oc3nncc4ccccc34)CC2)cc1OCC. The molecular weight excluding hydrogens is 394 g/mol. The van der Waals surface area contributed by atoms with Crippen LogP contribution < -0.4 is 14.2 Å². The molecule has 0 unspecified atom stereocenters. The number of amides is 1. The molecule has 7 nitrogen and oxygen atoms in total. The molecule has 4 rings (SSSR count). The van der Waals surface area contributed by atoms with Crippen LogP contribution in [0.5, 0.6) is 17.4 Å². The molecule has 0 spiro atoms. The third-order valence-corrected chi connectivity index (χ3v) is 5.33. The van der Waals surface area contributed by atoms with E-state index in [1.165, 1.54) is 0 Å². The molecule has 3 aromatic rings. The first kappa shape index (κ1) is 20.9. The highest BCUT2D eigenvalue weighted by Gasteiger charge is 2.26. The summed E-state index contributed by atoms with van der Waals surface area (Å²) in [5.74, 6) is 1.80. The second-order valence-electron chi connectivity index (χ2n) is 7.37. The molecule has 1 aromatic heterocycles. The Balaban J connectivity index is 1.40. The number of benzene rings is 2. The number of nitrogens with zero attached hydrogens (tertiary/aromatic N) is 3. The molecule has 1 saturated heterocycles. The van der Waals surface area contributed by atoms with Gasteiger partial charge in [0.2, 0.25) is 5.88 Å². The quantitative estimate of drug-likeness (QED) is 0.572. The number of ether oxygens (including phenoxy) is 3. The van der Waals surface area contributed by atoms with Crippen molar-refractivity contribution in [2.45, 2.75) is 32.8 Å². The first-order valence-corrected chi connectivity index (χ1v) is 10.8. The number of aromatic nitrogens is 2. The normalized spacial score (nSPS) is 14.5. The van der Waals surface area contributed by atoms with Gasteiger partial charge < -0.3 is 19.1 Å². The first-order valence-electron chi connectivity index (χ1n) is 10.8. The maximum atomic E-state index is 13.0. The summed E-state index contributed by atoms with van der Waals surface area (Å²) in [5, 5.41) is 10.2. The lowest BCUT2D eigenvalue weighted by molar-refractivity contribution is 0.0588. The van der Waals surface area contributed by atoms with Gasteiger partial charge >= 0.3 is 0 Å². The van der Waals surface area contributed by atoms with Crippen LogP contribution in [-0.4, -0.2) is 53.4 Å². The highest BCUT2D eigenvalue weighted by Crippen LogP contribution is 2.30. The number of carbonyl (C=O) groups is 1. The van der Waals surface area contributed by atoms with E-state index < -0.39 is 0 Å². The number of fused-ring (bicyclic) bond motifs is 1. The molecular formula is C24H27N3O4. The van der Waals surface area contributed by atoms with Crippen molar-refractivity contribution in [1.82, 2.24) is 15.1 Å². The van der Waals surface area contributed by atoms with Crippen molar-refractivity contribution in [2.24, 2.45) is 0 Å². The Morgan fingerprint density at radius 3 is 2.55 bits per heavy atom. The van der Waals surface area contributed by atoms with Crippen molar-refractivity contribution in [1.29, 1.82) is 0 Å². The fourth-order valence-electron chi connectivity index (χ4n) is 3.79. The third kappa shape index (κ3) is 4.71. The summed E-state index contributed by atoms with van der Waals surface area (Å²) in [5.41, 5.74) is 0.603. The summed E-state index contributed by atoms with van der Waals surface area (Å²) < 4.78 is 17.4. The highest BCUT2D eigenvalue weighted by atomic mass is 16.5. The Morgan fingerprint density at radius 1 is 1.03 bits per heavy atom. The van der Waals surface area contributed by atoms with Crippen molar-refractivity contribution in [3.8, 4) is 17.4 Å². The van der Waals surface area contributed by atoms with Gasteiger partial charge in [-0.3, -0.25) is 4.79 Å². The molecule has 0 radical (unpaired) electrons. The van der Waals surface area contributed by atoms with Gasteiger partial charge in [0.25, 0.3) is 5.91 Å². The molecule has 0 saturated carbocycles. The van der Waals surface area contributed by atoms with Crippen molar-refractivity contribution in [3.05, 3.63) is 54.2 Å². The van der Waals surface area contributed by atoms with Crippen LogP contribution in [0.2, 0.25) is 0 Å². The molecule has 7 heteroatoms. The Labute approximate surface area is 181 Å². The summed E-state index contributed by atoms with van der Waals surface area (Å²) in [6, 6.07) is 13.3. The minimum absolute atomic E-state index is 0.00321. The molecule has 0 atom stereocenters. The van der Waals surface area contributed by atoms with E-state index in [9.17, 15) is 4.79 Å². The molecule has 1 fully saturated rings. The third-order valence-electron chi connectivity index (χ3n) is 5.33. The highest BCUT2D eigenvalue weighted by molar-refractivity contribution is 5.95. The fourth-order valence-corrected chi connectivity index (χ4v) is 3.79. The largest absolute Gasteiger partial charge is 0.490 e. The predicted molar refractivity (Wildman–Crippen MR) is 118 cm³/mol. The maximum absolute atomic E-state index is 13.0. The minimum Gasteiger partial charge on any atom is -0.490 e. The number of hydrogen-bond acceptors (Lipinski definition) is 6. The second-order valence-corrected chi connectivity index (χ2v) is 7.37. The average molecular weight is 421 g/mol. The van der Waals surface area contributed by atoms with Crippen molar-refractivity contribution in [3.63, 3.8) is 0 Å². The van der Waals surface area contributed by atoms with Gasteiger partial charge in [-0.2, -0.15) is 5.10 Å². The molecule has 1 aliphatic heterocycles. The van der Waals surface area contributed by atoms with Gasteiger partial charge in [0.1, 0.15) is 6.10 Å². The van der Waals surface area contributed by atoms with Crippen LogP contribution in [0.25, 0.3) is 10.8 Å². The van der Waals surface area contributed by atoms with E-state index in [1.807, 2.05) is 43.0 Å². The van der Waals surface area contributed by atoms with Crippen LogP contribution in [0.3, 0.4) is 0 Å². The van der Waals surface area contributed by atoms with E-state index in [2.05, 4.69) is 10.2 Å². The van der Waals surface area contributed by atoms with Gasteiger partial charge in [-0.15, -0.1) is 5.10 Å². The Hall–Kier alpha value is -3.35. The molecule has 0 aliphatic carbocycles. The predicted octanol–water partition coefficient (Wildman–Crippen LogP) is 4.11. The lowest BCUT2D eigenvalue weighted by atomic mass is 10.1. The number of rotatable bonds is 7. The summed E-state index contributed by atoms with van der Waals surface area (Å²) in [4.78, 5) is 14.9. The van der Waals surface area contributed by atoms with E-state index in [0.717, 1.165) is 23.6 Å². The Bertz CT molecular complexity index is 1040. The van der Waals surface area contributed by atoms with Crippen LogP contribution in [0, 0.1) is 0 Å². The van der Waals surface area contributed by atoms with Gasteiger partial charge in [0.05, 0.1) is 19.4 Å². The molecule has 31 heavy (non-hydrogen) atoms. The van der Waals surface area contributed by atoms with Crippen LogP contribution in [-0.2, 0) is 0 Å². The molecule has 162 valence electrons. The van der Waals surface area contributed by atoms with E-state index in [0.29, 0.717) is 49.2 Å². The van der Waals surface area contributed by atoms with E-state index in [4.69, 9.17) is 14.2 Å². The van der Waals surface area contributed by atoms with E-state index in [-0.39, 0.29) is 12.0 Å². The van der Waals surface area contributed by atoms with Crippen LogP contribution >= 0.6 is 0 Å². The van der Waals surface area contributed by atoms with Gasteiger partial charge in [0.15, 0.2) is 11.5 Å². The number of piperidine rings is 1. The number of carbonyl (C=O) groups excluding carboxylic acids is 1. The van der Waals surface area contributed by atoms with E-state index >= 15 is 0 Å². The Morgan fingerprint density at radius 2 is 1.77 bits per heavy atom. The monoisotopic (exact) mass is 421 g/mol. The maximum Gasteiger partial charge on any atom is 0.253 e. The van der Waals surface area contributed by atoms with Gasteiger partial charge in [-0.1, -0.05) is 18.2 Å². The topological polar surface area (TPSA) is 73.8 Å². The van der Waals surface area contributed by atoms with Gasteiger partial charge in [-0.25, -0.2) is 0 Å².